The summed E-state index contributed by atoms with van der Waals surface area (Å²) < 4.78 is 1.11. The molecule has 0 aromatic heterocycles. The summed E-state index contributed by atoms with van der Waals surface area (Å²) in [5.74, 6) is 0.348. The van der Waals surface area contributed by atoms with E-state index in [4.69, 9.17) is 0 Å². The largest absolute Gasteiger partial charge is 0.508 e. The van der Waals surface area contributed by atoms with Gasteiger partial charge in [-0.25, -0.2) is 0 Å². The zero-order valence-electron chi connectivity index (χ0n) is 8.00. The molecule has 2 aromatic rings. The molecule has 0 amide bonds. The lowest BCUT2D eigenvalue weighted by Gasteiger charge is -2.01. The normalized spacial score (nSPS) is 12.3. The maximum Gasteiger partial charge on any atom is 0.115 e. The molecule has 0 spiro atoms. The van der Waals surface area contributed by atoms with Gasteiger partial charge in [0.05, 0.1) is 0 Å². The van der Waals surface area contributed by atoms with Gasteiger partial charge in [0.25, 0.3) is 0 Å². The summed E-state index contributed by atoms with van der Waals surface area (Å²) in [6, 6.07) is 11.9. The monoisotopic (exact) mass is 260 g/mol. The van der Waals surface area contributed by atoms with Crippen molar-refractivity contribution < 1.29 is 5.11 Å². The molecule has 1 aliphatic carbocycles. The molecule has 0 bridgehead atoms. The van der Waals surface area contributed by atoms with Gasteiger partial charge in [0.15, 0.2) is 0 Å². The number of halogens is 1. The highest BCUT2D eigenvalue weighted by Gasteiger charge is 2.18. The number of aromatic hydroxyl groups is 1. The van der Waals surface area contributed by atoms with Gasteiger partial charge in [-0.15, -0.1) is 0 Å². The van der Waals surface area contributed by atoms with Crippen molar-refractivity contribution in [2.75, 3.05) is 0 Å². The number of fused-ring (bicyclic) bond motifs is 3. The number of phenolic OH excluding ortho intramolecular Hbond substituents is 1. The van der Waals surface area contributed by atoms with Crippen molar-refractivity contribution in [3.8, 4) is 16.9 Å². The number of hydrogen-bond donors (Lipinski definition) is 1. The summed E-state index contributed by atoms with van der Waals surface area (Å²) in [6.07, 6.45) is 0.915. The summed E-state index contributed by atoms with van der Waals surface area (Å²) in [7, 11) is 0. The summed E-state index contributed by atoms with van der Waals surface area (Å²) in [5.41, 5.74) is 5.07. The summed E-state index contributed by atoms with van der Waals surface area (Å²) >= 11 is 3.47. The number of hydrogen-bond acceptors (Lipinski definition) is 1. The molecule has 0 saturated heterocycles. The van der Waals surface area contributed by atoms with E-state index in [0.717, 1.165) is 10.9 Å². The Hall–Kier alpha value is -1.28. The fourth-order valence-corrected chi connectivity index (χ4v) is 2.57. The standard InChI is InChI=1S/C13H9BrO/c14-10-1-3-12-8(6-10)5-9-7-11(15)2-4-13(9)12/h1-4,6-7,15H,5H2. The van der Waals surface area contributed by atoms with Crippen LogP contribution >= 0.6 is 15.9 Å². The van der Waals surface area contributed by atoms with Crippen LogP contribution in [0.2, 0.25) is 0 Å². The van der Waals surface area contributed by atoms with E-state index in [-0.39, 0.29) is 0 Å². The minimum Gasteiger partial charge on any atom is -0.508 e. The average Bonchev–Trinajstić information content (AvgIpc) is 2.53. The van der Waals surface area contributed by atoms with Gasteiger partial charge in [0.1, 0.15) is 5.75 Å². The summed E-state index contributed by atoms with van der Waals surface area (Å²) in [4.78, 5) is 0. The molecule has 0 radical (unpaired) electrons. The van der Waals surface area contributed by atoms with Crippen LogP contribution in [-0.4, -0.2) is 5.11 Å². The zero-order chi connectivity index (χ0) is 10.4. The first-order valence-electron chi connectivity index (χ1n) is 4.85. The Morgan fingerprint density at radius 2 is 1.60 bits per heavy atom. The maximum absolute atomic E-state index is 9.42. The molecule has 0 aliphatic heterocycles. The predicted octanol–water partition coefficient (Wildman–Crippen LogP) is 3.73. The highest BCUT2D eigenvalue weighted by atomic mass is 79.9. The Labute approximate surface area is 96.5 Å². The second-order valence-electron chi connectivity index (χ2n) is 3.82. The lowest BCUT2D eigenvalue weighted by molar-refractivity contribution is 0.475. The van der Waals surface area contributed by atoms with Gasteiger partial charge in [-0.1, -0.05) is 28.1 Å². The minimum absolute atomic E-state index is 0.348. The SMILES string of the molecule is Oc1ccc2c(c1)Cc1cc(Br)ccc1-2. The molecule has 15 heavy (non-hydrogen) atoms. The molecule has 0 saturated carbocycles. The first-order valence-corrected chi connectivity index (χ1v) is 5.64. The third-order valence-electron chi connectivity index (χ3n) is 2.83. The fraction of sp³-hybridized carbons (Fsp3) is 0.0769. The van der Waals surface area contributed by atoms with Crippen LogP contribution in [0, 0.1) is 0 Å². The highest BCUT2D eigenvalue weighted by molar-refractivity contribution is 9.10. The van der Waals surface area contributed by atoms with Crippen LogP contribution in [0.15, 0.2) is 40.9 Å². The molecule has 1 N–H and O–H groups in total. The highest BCUT2D eigenvalue weighted by Crippen LogP contribution is 2.39. The fourth-order valence-electron chi connectivity index (χ4n) is 2.17. The topological polar surface area (TPSA) is 20.2 Å². The van der Waals surface area contributed by atoms with Gasteiger partial charge >= 0.3 is 0 Å². The van der Waals surface area contributed by atoms with Crippen molar-refractivity contribution in [3.05, 3.63) is 52.0 Å². The third kappa shape index (κ3) is 1.37. The Morgan fingerprint density at radius 3 is 2.40 bits per heavy atom. The van der Waals surface area contributed by atoms with E-state index in [1.165, 1.54) is 22.3 Å². The molecular weight excluding hydrogens is 252 g/mol. The predicted molar refractivity (Wildman–Crippen MR) is 64.0 cm³/mol. The lowest BCUT2D eigenvalue weighted by atomic mass is 10.1. The first-order chi connectivity index (χ1) is 7.24. The van der Waals surface area contributed by atoms with Gasteiger partial charge in [-0.3, -0.25) is 0 Å². The molecule has 0 unspecified atom stereocenters. The van der Waals surface area contributed by atoms with E-state index < -0.39 is 0 Å². The smallest absolute Gasteiger partial charge is 0.115 e. The van der Waals surface area contributed by atoms with Crippen LogP contribution < -0.4 is 0 Å². The van der Waals surface area contributed by atoms with E-state index in [1.54, 1.807) is 6.07 Å². The molecule has 2 aromatic carbocycles. The van der Waals surface area contributed by atoms with Crippen LogP contribution in [0.1, 0.15) is 11.1 Å². The second kappa shape index (κ2) is 3.11. The third-order valence-corrected chi connectivity index (χ3v) is 3.32. The van der Waals surface area contributed by atoms with E-state index in [1.807, 2.05) is 12.1 Å². The quantitative estimate of drug-likeness (QED) is 0.653. The second-order valence-corrected chi connectivity index (χ2v) is 4.74. The Kier molecular flexibility index (Phi) is 1.86. The van der Waals surface area contributed by atoms with Crippen LogP contribution in [0.4, 0.5) is 0 Å². The van der Waals surface area contributed by atoms with Gasteiger partial charge < -0.3 is 5.11 Å². The number of phenols is 1. The van der Waals surface area contributed by atoms with Crippen molar-refractivity contribution in [1.82, 2.24) is 0 Å². The Morgan fingerprint density at radius 1 is 0.933 bits per heavy atom. The molecule has 1 aliphatic rings. The van der Waals surface area contributed by atoms with Crippen molar-refractivity contribution in [1.29, 1.82) is 0 Å². The molecule has 0 heterocycles. The lowest BCUT2D eigenvalue weighted by Crippen LogP contribution is -1.79. The van der Waals surface area contributed by atoms with E-state index >= 15 is 0 Å². The molecular formula is C13H9BrO. The maximum atomic E-state index is 9.42. The molecule has 0 fully saturated rings. The molecule has 74 valence electrons. The van der Waals surface area contributed by atoms with Crippen molar-refractivity contribution >= 4 is 15.9 Å². The Balaban J connectivity index is 2.24. The van der Waals surface area contributed by atoms with Crippen molar-refractivity contribution in [2.45, 2.75) is 6.42 Å². The van der Waals surface area contributed by atoms with E-state index in [2.05, 4.69) is 34.1 Å². The van der Waals surface area contributed by atoms with Gasteiger partial charge in [0.2, 0.25) is 0 Å². The van der Waals surface area contributed by atoms with Crippen molar-refractivity contribution in [2.24, 2.45) is 0 Å². The van der Waals surface area contributed by atoms with Crippen molar-refractivity contribution in [3.63, 3.8) is 0 Å². The summed E-state index contributed by atoms with van der Waals surface area (Å²) in [6.45, 7) is 0. The van der Waals surface area contributed by atoms with E-state index in [0.29, 0.717) is 5.75 Å². The summed E-state index contributed by atoms with van der Waals surface area (Å²) in [5, 5.41) is 9.42. The molecule has 3 rings (SSSR count). The van der Waals surface area contributed by atoms with Crippen LogP contribution in [0.3, 0.4) is 0 Å². The van der Waals surface area contributed by atoms with Gasteiger partial charge in [-0.2, -0.15) is 0 Å². The molecule has 2 heteroatoms. The van der Waals surface area contributed by atoms with Gasteiger partial charge in [-0.05, 0) is 52.9 Å². The minimum atomic E-state index is 0.348. The van der Waals surface area contributed by atoms with Crippen LogP contribution in [0.25, 0.3) is 11.1 Å². The molecule has 0 atom stereocenters. The molecule has 1 nitrogen and oxygen atoms in total. The van der Waals surface area contributed by atoms with Crippen LogP contribution in [0.5, 0.6) is 5.75 Å². The average molecular weight is 261 g/mol. The first kappa shape index (κ1) is 8.98. The van der Waals surface area contributed by atoms with E-state index in [9.17, 15) is 5.11 Å². The number of benzene rings is 2. The van der Waals surface area contributed by atoms with Gasteiger partial charge in [0, 0.05) is 4.47 Å². The van der Waals surface area contributed by atoms with Crippen LogP contribution in [-0.2, 0) is 6.42 Å². The Bertz CT molecular complexity index is 497. The zero-order valence-corrected chi connectivity index (χ0v) is 9.58. The number of rotatable bonds is 0.